The first-order valence-electron chi connectivity index (χ1n) is 11.2. The number of ether oxygens (including phenoxy) is 4. The highest BCUT2D eigenvalue weighted by Crippen LogP contribution is 2.34. The summed E-state index contributed by atoms with van der Waals surface area (Å²) in [5.74, 6) is 1.62. The summed E-state index contributed by atoms with van der Waals surface area (Å²) in [6.45, 7) is 2.50. The number of carbonyl (C=O) groups is 2. The van der Waals surface area contributed by atoms with Gasteiger partial charge < -0.3 is 23.8 Å². The minimum absolute atomic E-state index is 0.150. The Hall–Kier alpha value is -4.20. The van der Waals surface area contributed by atoms with Gasteiger partial charge in [-0.15, -0.1) is 0 Å². The smallest absolute Gasteiger partial charge is 0.411 e. The lowest BCUT2D eigenvalue weighted by molar-refractivity contribution is -0.138. The molecule has 8 nitrogen and oxygen atoms in total. The lowest BCUT2D eigenvalue weighted by atomic mass is 10.1. The maximum absolute atomic E-state index is 13.1. The van der Waals surface area contributed by atoms with Gasteiger partial charge in [0.05, 0.1) is 14.2 Å². The van der Waals surface area contributed by atoms with Crippen LogP contribution < -0.4 is 19.5 Å². The molecule has 0 bridgehead atoms. The summed E-state index contributed by atoms with van der Waals surface area (Å²) in [5.41, 5.74) is 3.03. The van der Waals surface area contributed by atoms with Gasteiger partial charge >= 0.3 is 6.09 Å². The number of anilines is 1. The Bertz CT molecular complexity index is 1200. The first-order chi connectivity index (χ1) is 17.0. The van der Waals surface area contributed by atoms with Crippen LogP contribution in [0.3, 0.4) is 0 Å². The van der Waals surface area contributed by atoms with E-state index >= 15 is 0 Å². The zero-order valence-corrected chi connectivity index (χ0v) is 19.9. The number of carbonyl (C=O) groups excluding carboxylic acids is 2. The molecule has 0 aliphatic carbocycles. The Morgan fingerprint density at radius 1 is 1.06 bits per heavy atom. The Morgan fingerprint density at radius 3 is 2.60 bits per heavy atom. The third-order valence-corrected chi connectivity index (χ3v) is 5.69. The quantitative estimate of drug-likeness (QED) is 0.529. The summed E-state index contributed by atoms with van der Waals surface area (Å²) >= 11 is 0. The first-order valence-corrected chi connectivity index (χ1v) is 11.2. The van der Waals surface area contributed by atoms with E-state index < -0.39 is 12.2 Å². The molecule has 35 heavy (non-hydrogen) atoms. The Balaban J connectivity index is 1.50. The van der Waals surface area contributed by atoms with Crippen molar-refractivity contribution in [3.05, 3.63) is 83.4 Å². The van der Waals surface area contributed by atoms with E-state index in [4.69, 9.17) is 18.9 Å². The van der Waals surface area contributed by atoms with Crippen LogP contribution in [-0.4, -0.2) is 37.2 Å². The molecular weight excluding hydrogens is 448 g/mol. The molecule has 4 rings (SSSR count). The second-order valence-electron chi connectivity index (χ2n) is 8.12. The monoisotopic (exact) mass is 476 g/mol. The van der Waals surface area contributed by atoms with Crippen LogP contribution in [0, 0.1) is 0 Å². The standard InChI is InChI=1S/C27H28N2O6/c1-18-26(30)29(15-20-10-7-11-24(32-2)25(20)33-3)16-21-14-22(12-13-23(21)35-18)28-27(31)34-17-19-8-5-4-6-9-19/h4-14,18H,15-17H2,1-3H3,(H,28,31)/t18-/m1/s1. The van der Waals surface area contributed by atoms with Crippen molar-refractivity contribution < 1.29 is 28.5 Å². The van der Waals surface area contributed by atoms with Gasteiger partial charge in [0.2, 0.25) is 0 Å². The van der Waals surface area contributed by atoms with E-state index in [0.29, 0.717) is 36.0 Å². The molecule has 0 saturated carbocycles. The fraction of sp³-hybridized carbons (Fsp3) is 0.259. The molecule has 0 aromatic heterocycles. The van der Waals surface area contributed by atoms with Crippen molar-refractivity contribution in [2.24, 2.45) is 0 Å². The summed E-state index contributed by atoms with van der Waals surface area (Å²) < 4.78 is 22.1. The summed E-state index contributed by atoms with van der Waals surface area (Å²) in [6.07, 6.45) is -1.23. The molecule has 3 aromatic rings. The molecule has 0 saturated heterocycles. The van der Waals surface area contributed by atoms with Gasteiger partial charge in [0.25, 0.3) is 5.91 Å². The van der Waals surface area contributed by atoms with Crippen LogP contribution in [0.1, 0.15) is 23.6 Å². The van der Waals surface area contributed by atoms with Crippen molar-refractivity contribution in [1.29, 1.82) is 0 Å². The van der Waals surface area contributed by atoms with E-state index in [1.807, 2.05) is 48.5 Å². The maximum Gasteiger partial charge on any atom is 0.411 e. The number of methoxy groups -OCH3 is 2. The number of hydrogen-bond acceptors (Lipinski definition) is 6. The van der Waals surface area contributed by atoms with Crippen molar-refractivity contribution in [2.45, 2.75) is 32.7 Å². The minimum Gasteiger partial charge on any atom is -0.493 e. The summed E-state index contributed by atoms with van der Waals surface area (Å²) in [6, 6.07) is 20.3. The molecule has 2 amide bonds. The second-order valence-corrected chi connectivity index (χ2v) is 8.12. The van der Waals surface area contributed by atoms with Gasteiger partial charge in [-0.2, -0.15) is 0 Å². The van der Waals surface area contributed by atoms with Crippen LogP contribution >= 0.6 is 0 Å². The van der Waals surface area contributed by atoms with Crippen molar-refractivity contribution in [3.63, 3.8) is 0 Å². The van der Waals surface area contributed by atoms with E-state index in [-0.39, 0.29) is 12.5 Å². The number of amides is 2. The van der Waals surface area contributed by atoms with Crippen LogP contribution in [0.15, 0.2) is 66.7 Å². The number of benzene rings is 3. The molecular formula is C27H28N2O6. The Labute approximate surface area is 204 Å². The van der Waals surface area contributed by atoms with Crippen molar-refractivity contribution in [2.75, 3.05) is 19.5 Å². The highest BCUT2D eigenvalue weighted by atomic mass is 16.5. The van der Waals surface area contributed by atoms with Crippen LogP contribution in [0.2, 0.25) is 0 Å². The maximum atomic E-state index is 13.1. The molecule has 8 heteroatoms. The predicted octanol–water partition coefficient (Wildman–Crippen LogP) is 4.76. The van der Waals surface area contributed by atoms with Crippen LogP contribution in [0.25, 0.3) is 0 Å². The molecule has 1 aliphatic rings. The van der Waals surface area contributed by atoms with Crippen molar-refractivity contribution in [3.8, 4) is 17.2 Å². The summed E-state index contributed by atoms with van der Waals surface area (Å²) in [5, 5.41) is 2.75. The number of para-hydroxylation sites is 1. The largest absolute Gasteiger partial charge is 0.493 e. The van der Waals surface area contributed by atoms with Gasteiger partial charge in [-0.05, 0) is 36.8 Å². The predicted molar refractivity (Wildman–Crippen MR) is 131 cm³/mol. The fourth-order valence-electron chi connectivity index (χ4n) is 3.97. The van der Waals surface area contributed by atoms with Gasteiger partial charge in [-0.1, -0.05) is 42.5 Å². The number of hydrogen-bond donors (Lipinski definition) is 1. The van der Waals surface area contributed by atoms with Crippen LogP contribution in [0.5, 0.6) is 17.2 Å². The third-order valence-electron chi connectivity index (χ3n) is 5.69. The average molecular weight is 477 g/mol. The van der Waals surface area contributed by atoms with E-state index in [9.17, 15) is 9.59 Å². The van der Waals surface area contributed by atoms with Crippen LogP contribution in [-0.2, 0) is 29.2 Å². The van der Waals surface area contributed by atoms with Crippen molar-refractivity contribution >= 4 is 17.7 Å². The van der Waals surface area contributed by atoms with Crippen molar-refractivity contribution in [1.82, 2.24) is 4.90 Å². The normalized spacial score (nSPS) is 14.9. The van der Waals surface area contributed by atoms with Gasteiger partial charge in [-0.25, -0.2) is 4.79 Å². The molecule has 0 fully saturated rings. The number of rotatable bonds is 7. The third kappa shape index (κ3) is 5.66. The number of nitrogens with zero attached hydrogens (tertiary/aromatic N) is 1. The lowest BCUT2D eigenvalue weighted by Gasteiger charge is -2.24. The summed E-state index contributed by atoms with van der Waals surface area (Å²) in [7, 11) is 3.14. The Kier molecular flexibility index (Phi) is 7.40. The summed E-state index contributed by atoms with van der Waals surface area (Å²) in [4.78, 5) is 27.1. The number of nitrogens with one attached hydrogen (secondary N) is 1. The number of fused-ring (bicyclic) bond motifs is 1. The first kappa shape index (κ1) is 23.9. The SMILES string of the molecule is COc1cccc(CN2Cc3cc(NC(=O)OCc4ccccc4)ccc3O[C@H](C)C2=O)c1OC. The minimum atomic E-state index is -0.664. The highest BCUT2D eigenvalue weighted by Gasteiger charge is 2.29. The zero-order chi connectivity index (χ0) is 24.8. The molecule has 0 unspecified atom stereocenters. The second kappa shape index (κ2) is 10.8. The van der Waals surface area contributed by atoms with E-state index in [2.05, 4.69) is 5.32 Å². The molecule has 3 aromatic carbocycles. The molecule has 1 atom stereocenters. The van der Waals surface area contributed by atoms with Gasteiger partial charge in [0, 0.05) is 29.9 Å². The molecule has 0 spiro atoms. The van der Waals surface area contributed by atoms with E-state index in [1.54, 1.807) is 44.2 Å². The average Bonchev–Trinajstić information content (AvgIpc) is 2.99. The molecule has 182 valence electrons. The molecule has 0 radical (unpaired) electrons. The lowest BCUT2D eigenvalue weighted by Crippen LogP contribution is -2.37. The fourth-order valence-corrected chi connectivity index (χ4v) is 3.97. The molecule has 1 N–H and O–H groups in total. The Morgan fingerprint density at radius 2 is 1.86 bits per heavy atom. The van der Waals surface area contributed by atoms with E-state index in [0.717, 1.165) is 16.7 Å². The van der Waals surface area contributed by atoms with Gasteiger partial charge in [-0.3, -0.25) is 10.1 Å². The van der Waals surface area contributed by atoms with Crippen LogP contribution in [0.4, 0.5) is 10.5 Å². The van der Waals surface area contributed by atoms with Gasteiger partial charge in [0.15, 0.2) is 17.6 Å². The zero-order valence-electron chi connectivity index (χ0n) is 19.9. The molecule has 1 aliphatic heterocycles. The van der Waals surface area contributed by atoms with Gasteiger partial charge in [0.1, 0.15) is 12.4 Å². The topological polar surface area (TPSA) is 86.3 Å². The highest BCUT2D eigenvalue weighted by molar-refractivity contribution is 5.85. The molecule has 1 heterocycles. The van der Waals surface area contributed by atoms with E-state index in [1.165, 1.54) is 0 Å².